The lowest BCUT2D eigenvalue weighted by molar-refractivity contribution is 0.292. The van der Waals surface area contributed by atoms with Crippen molar-refractivity contribution in [2.45, 2.75) is 38.7 Å². The van der Waals surface area contributed by atoms with Crippen LogP contribution >= 0.6 is 0 Å². The predicted octanol–water partition coefficient (Wildman–Crippen LogP) is 7.76. The molecular formula is C37H38N2OSi. The van der Waals surface area contributed by atoms with Crippen molar-refractivity contribution >= 4 is 30.2 Å². The van der Waals surface area contributed by atoms with Crippen LogP contribution in [-0.2, 0) is 10.8 Å². The third-order valence-corrected chi connectivity index (χ3v) is 12.5. The second-order valence-corrected chi connectivity index (χ2v) is 15.6. The van der Waals surface area contributed by atoms with Gasteiger partial charge in [0.25, 0.3) is 8.32 Å². The lowest BCUT2D eigenvalue weighted by Gasteiger charge is -2.43. The van der Waals surface area contributed by atoms with Gasteiger partial charge in [-0.3, -0.25) is 0 Å². The number of hydrogen-bond acceptors (Lipinski definition) is 3. The summed E-state index contributed by atoms with van der Waals surface area (Å²) in [6.45, 7) is 7.63. The summed E-state index contributed by atoms with van der Waals surface area (Å²) in [5, 5.41) is 2.57. The van der Waals surface area contributed by atoms with Crippen molar-refractivity contribution in [2.24, 2.45) is 4.99 Å². The lowest BCUT2D eigenvalue weighted by atomic mass is 10.0. The Balaban J connectivity index is 1.42. The summed E-state index contributed by atoms with van der Waals surface area (Å²) in [7, 11) is -2.56. The average Bonchev–Trinajstić information content (AvgIpc) is 3.01. The highest BCUT2D eigenvalue weighted by molar-refractivity contribution is 6.99. The third kappa shape index (κ3) is 6.45. The average molecular weight is 555 g/mol. The fraction of sp³-hybridized carbons (Fsp3) is 0.189. The second kappa shape index (κ2) is 13.0. The summed E-state index contributed by atoms with van der Waals surface area (Å²) in [5.74, 6) is 0.764. The van der Waals surface area contributed by atoms with Crippen LogP contribution in [0.4, 0.5) is 5.82 Å². The molecule has 5 aromatic rings. The number of nitrogens with zero attached hydrogens (tertiary/aromatic N) is 2. The van der Waals surface area contributed by atoms with E-state index in [9.17, 15) is 0 Å². The van der Waals surface area contributed by atoms with E-state index < -0.39 is 8.32 Å². The number of rotatable bonds is 10. The molecule has 0 fully saturated rings. The lowest BCUT2D eigenvalue weighted by Crippen LogP contribution is -2.66. The highest BCUT2D eigenvalue weighted by atomic mass is 28.4. The van der Waals surface area contributed by atoms with E-state index in [1.54, 1.807) is 0 Å². The molecule has 0 aliphatic carbocycles. The standard InChI is InChI=1S/C37H38N2OSi/c1-37(2,3)41(33-24-12-6-13-25-33,34-26-14-7-15-27-34)40-29-17-23-32-22-16-28-38-36(32)39-35(30-18-8-4-9-19-30)31-20-10-5-11-21-31/h4-16,18-22,24-28H,17,23,29H2,1-3H3. The number of aromatic nitrogens is 1. The summed E-state index contributed by atoms with van der Waals surface area (Å²) in [6, 6.07) is 46.5. The monoisotopic (exact) mass is 554 g/mol. The van der Waals surface area contributed by atoms with Crippen molar-refractivity contribution in [1.82, 2.24) is 4.98 Å². The van der Waals surface area contributed by atoms with Crippen molar-refractivity contribution in [2.75, 3.05) is 6.61 Å². The van der Waals surface area contributed by atoms with Gasteiger partial charge in [0.2, 0.25) is 0 Å². The highest BCUT2D eigenvalue weighted by Crippen LogP contribution is 2.37. The second-order valence-electron chi connectivity index (χ2n) is 11.3. The summed E-state index contributed by atoms with van der Waals surface area (Å²) >= 11 is 0. The van der Waals surface area contributed by atoms with Crippen molar-refractivity contribution in [3.63, 3.8) is 0 Å². The fourth-order valence-corrected chi connectivity index (χ4v) is 10.2. The van der Waals surface area contributed by atoms with Crippen LogP contribution in [-0.4, -0.2) is 25.6 Å². The van der Waals surface area contributed by atoms with Crippen LogP contribution in [0.3, 0.4) is 0 Å². The van der Waals surface area contributed by atoms with E-state index in [1.807, 2.05) is 24.4 Å². The van der Waals surface area contributed by atoms with Crippen molar-refractivity contribution in [3.8, 4) is 0 Å². The maximum Gasteiger partial charge on any atom is 0.261 e. The largest absolute Gasteiger partial charge is 0.407 e. The Hall–Kier alpha value is -4.12. The molecule has 0 radical (unpaired) electrons. The van der Waals surface area contributed by atoms with Gasteiger partial charge in [-0.2, -0.15) is 0 Å². The molecule has 0 saturated carbocycles. The van der Waals surface area contributed by atoms with E-state index in [2.05, 4.69) is 136 Å². The first-order chi connectivity index (χ1) is 20.0. The Morgan fingerprint density at radius 3 is 1.63 bits per heavy atom. The molecule has 5 rings (SSSR count). The third-order valence-electron chi connectivity index (χ3n) is 7.51. The van der Waals surface area contributed by atoms with Gasteiger partial charge in [0.1, 0.15) is 0 Å². The number of benzene rings is 4. The molecule has 4 heteroatoms. The van der Waals surface area contributed by atoms with E-state index in [0.29, 0.717) is 6.61 Å². The van der Waals surface area contributed by atoms with Crippen LogP contribution in [0.25, 0.3) is 0 Å². The van der Waals surface area contributed by atoms with Crippen LogP contribution in [0, 0.1) is 0 Å². The molecule has 1 heterocycles. The van der Waals surface area contributed by atoms with E-state index in [1.165, 1.54) is 10.4 Å². The Labute approximate surface area is 245 Å². The van der Waals surface area contributed by atoms with Gasteiger partial charge >= 0.3 is 0 Å². The van der Waals surface area contributed by atoms with E-state index in [0.717, 1.165) is 41.1 Å². The zero-order chi connectivity index (χ0) is 28.5. The van der Waals surface area contributed by atoms with Crippen molar-refractivity contribution in [1.29, 1.82) is 0 Å². The number of pyridine rings is 1. The smallest absolute Gasteiger partial charge is 0.261 e. The molecule has 0 bridgehead atoms. The molecule has 3 nitrogen and oxygen atoms in total. The van der Waals surface area contributed by atoms with Gasteiger partial charge in [-0.25, -0.2) is 9.98 Å². The van der Waals surface area contributed by atoms with Gasteiger partial charge in [-0.1, -0.05) is 148 Å². The fourth-order valence-electron chi connectivity index (χ4n) is 5.57. The molecule has 1 aromatic heterocycles. The minimum atomic E-state index is -2.56. The summed E-state index contributed by atoms with van der Waals surface area (Å²) in [4.78, 5) is 9.85. The maximum absolute atomic E-state index is 7.13. The topological polar surface area (TPSA) is 34.5 Å². The predicted molar refractivity (Wildman–Crippen MR) is 174 cm³/mol. The Morgan fingerprint density at radius 1 is 0.659 bits per heavy atom. The van der Waals surface area contributed by atoms with Gasteiger partial charge in [0.15, 0.2) is 5.82 Å². The van der Waals surface area contributed by atoms with Crippen LogP contribution in [0.1, 0.15) is 43.9 Å². The van der Waals surface area contributed by atoms with Gasteiger partial charge in [0, 0.05) is 23.9 Å². The van der Waals surface area contributed by atoms with Crippen LogP contribution in [0.5, 0.6) is 0 Å². The molecule has 0 amide bonds. The quantitative estimate of drug-likeness (QED) is 0.100. The first-order valence-electron chi connectivity index (χ1n) is 14.4. The first kappa shape index (κ1) is 28.4. The minimum Gasteiger partial charge on any atom is -0.407 e. The zero-order valence-corrected chi connectivity index (χ0v) is 25.2. The first-order valence-corrected chi connectivity index (χ1v) is 16.3. The summed E-state index contributed by atoms with van der Waals surface area (Å²) in [5.41, 5.74) is 4.20. The molecule has 0 atom stereocenters. The van der Waals surface area contributed by atoms with Crippen molar-refractivity contribution in [3.05, 3.63) is 156 Å². The molecular weight excluding hydrogens is 517 g/mol. The highest BCUT2D eigenvalue weighted by Gasteiger charge is 2.49. The van der Waals surface area contributed by atoms with Crippen molar-refractivity contribution < 1.29 is 4.43 Å². The molecule has 0 unspecified atom stereocenters. The molecule has 41 heavy (non-hydrogen) atoms. The summed E-state index contributed by atoms with van der Waals surface area (Å²) in [6.07, 6.45) is 3.54. The van der Waals surface area contributed by atoms with Gasteiger partial charge in [-0.05, 0) is 39.9 Å². The maximum atomic E-state index is 7.13. The van der Waals surface area contributed by atoms with Gasteiger partial charge < -0.3 is 4.43 Å². The van der Waals surface area contributed by atoms with Crippen LogP contribution < -0.4 is 10.4 Å². The van der Waals surface area contributed by atoms with E-state index in [-0.39, 0.29) is 5.04 Å². The SMILES string of the molecule is CC(C)(C)[Si](OCCCc1cccnc1N=C(c1ccccc1)c1ccccc1)(c1ccccc1)c1ccccc1. The van der Waals surface area contributed by atoms with E-state index >= 15 is 0 Å². The molecule has 206 valence electrons. The summed E-state index contributed by atoms with van der Waals surface area (Å²) < 4.78 is 7.13. The normalized spacial score (nSPS) is 11.7. The molecule has 0 aliphatic heterocycles. The van der Waals surface area contributed by atoms with Gasteiger partial charge in [0.05, 0.1) is 5.71 Å². The van der Waals surface area contributed by atoms with Crippen LogP contribution in [0.15, 0.2) is 145 Å². The minimum absolute atomic E-state index is 0.0419. The molecule has 0 aliphatic rings. The number of aryl methyl sites for hydroxylation is 1. The Morgan fingerprint density at radius 2 is 1.15 bits per heavy atom. The van der Waals surface area contributed by atoms with Gasteiger partial charge in [-0.15, -0.1) is 0 Å². The number of aliphatic imine (C=N–C) groups is 1. The molecule has 4 aromatic carbocycles. The molecule has 0 saturated heterocycles. The number of hydrogen-bond donors (Lipinski definition) is 0. The Kier molecular flexibility index (Phi) is 9.03. The van der Waals surface area contributed by atoms with Crippen LogP contribution in [0.2, 0.25) is 5.04 Å². The van der Waals surface area contributed by atoms with E-state index in [4.69, 9.17) is 14.4 Å². The zero-order valence-electron chi connectivity index (χ0n) is 24.2. The molecule has 0 spiro atoms. The Bertz CT molecular complexity index is 1470. The molecule has 0 N–H and O–H groups in total.